The Morgan fingerprint density at radius 3 is 2.54 bits per heavy atom. The molecule has 4 N–H and O–H groups in total. The van der Waals surface area contributed by atoms with Crippen molar-refractivity contribution in [3.63, 3.8) is 0 Å². The molecule has 14 heteroatoms. The minimum absolute atomic E-state index is 0.0333. The van der Waals surface area contributed by atoms with E-state index in [1.165, 1.54) is 7.11 Å². The first-order valence-electron chi connectivity index (χ1n) is 17.4. The third kappa shape index (κ3) is 6.98. The number of esters is 2. The molecule has 0 aromatic carbocycles. The minimum atomic E-state index is -1.08. The van der Waals surface area contributed by atoms with Crippen LogP contribution in [0, 0.1) is 29.1 Å². The Bertz CT molecular complexity index is 1410. The summed E-state index contributed by atoms with van der Waals surface area (Å²) >= 11 is 0. The number of ether oxygens (including phenoxy) is 6. The molecule has 1 aromatic rings. The molecular formula is C36H52N2O12. The lowest BCUT2D eigenvalue weighted by molar-refractivity contribution is -0.173. The van der Waals surface area contributed by atoms with Gasteiger partial charge in [0, 0.05) is 62.0 Å². The third-order valence-electron chi connectivity index (χ3n) is 11.2. The van der Waals surface area contributed by atoms with Gasteiger partial charge in [0.1, 0.15) is 42.3 Å². The largest absolute Gasteiger partial charge is 0.508 e. The van der Waals surface area contributed by atoms with E-state index in [2.05, 4.69) is 4.98 Å². The maximum Gasteiger partial charge on any atom is 0.508 e. The van der Waals surface area contributed by atoms with Crippen molar-refractivity contribution in [2.75, 3.05) is 46.6 Å². The van der Waals surface area contributed by atoms with E-state index in [4.69, 9.17) is 28.4 Å². The summed E-state index contributed by atoms with van der Waals surface area (Å²) in [5.41, 5.74) is -0.687. The smallest absolute Gasteiger partial charge is 0.456 e. The molecule has 1 saturated carbocycles. The van der Waals surface area contributed by atoms with Crippen molar-refractivity contribution in [1.29, 1.82) is 0 Å². The van der Waals surface area contributed by atoms with E-state index >= 15 is 0 Å². The van der Waals surface area contributed by atoms with Gasteiger partial charge in [0.05, 0.1) is 19.3 Å². The second-order valence-electron chi connectivity index (χ2n) is 14.2. The highest BCUT2D eigenvalue weighted by Crippen LogP contribution is 2.66. The van der Waals surface area contributed by atoms with Crippen molar-refractivity contribution < 1.29 is 58.1 Å². The predicted molar refractivity (Wildman–Crippen MR) is 178 cm³/mol. The average Bonchev–Trinajstić information content (AvgIpc) is 3.65. The molecule has 4 bridgehead atoms. The Hall–Kier alpha value is -3.27. The van der Waals surface area contributed by atoms with Crippen LogP contribution in [0.3, 0.4) is 0 Å². The molecule has 0 amide bonds. The lowest BCUT2D eigenvalue weighted by Gasteiger charge is -2.53. The second-order valence-corrected chi connectivity index (χ2v) is 14.2. The Morgan fingerprint density at radius 2 is 1.90 bits per heavy atom. The standard InChI is InChI=1S/C36H52N2O12/c1-20-18-21(2)36-24(9-10-35(5)30(36)27(41)22(3)29(31(35)50-36)49-32(42)25-8-7-11-37-25)19-26(45-6)33(43)48-28(20)23(4)47-34(44)46-17-14-38(12-15-39)13-16-40/h7-11,18,20,22-24,26-31,37,39-41H,12-17,19H2,1-6H3/b21-18+/t20-,22-,23-,24?,26+,27-,28+,29-,30-,31+,35-,36+/m1/s1. The van der Waals surface area contributed by atoms with E-state index in [0.29, 0.717) is 18.8 Å². The van der Waals surface area contributed by atoms with Crippen molar-refractivity contribution >= 4 is 18.1 Å². The summed E-state index contributed by atoms with van der Waals surface area (Å²) in [7, 11) is 1.43. The van der Waals surface area contributed by atoms with E-state index in [9.17, 15) is 29.7 Å². The predicted octanol–water partition coefficient (Wildman–Crippen LogP) is 2.24. The number of methoxy groups -OCH3 is 1. The lowest BCUT2D eigenvalue weighted by atomic mass is 9.51. The van der Waals surface area contributed by atoms with Gasteiger partial charge in [-0.05, 0) is 38.0 Å². The van der Waals surface area contributed by atoms with Crippen LogP contribution in [0.2, 0.25) is 0 Å². The van der Waals surface area contributed by atoms with Gasteiger partial charge in [-0.25, -0.2) is 14.4 Å². The van der Waals surface area contributed by atoms with Crippen molar-refractivity contribution in [1.82, 2.24) is 9.88 Å². The molecule has 4 aliphatic rings. The first-order valence-corrected chi connectivity index (χ1v) is 17.4. The molecule has 2 fully saturated rings. The monoisotopic (exact) mass is 704 g/mol. The number of hydrogen-bond acceptors (Lipinski definition) is 13. The number of rotatable bonds is 12. The number of aromatic nitrogens is 1. The fourth-order valence-corrected chi connectivity index (χ4v) is 8.65. The third-order valence-corrected chi connectivity index (χ3v) is 11.2. The number of aliphatic hydroxyl groups excluding tert-OH is 3. The zero-order valence-corrected chi connectivity index (χ0v) is 29.7. The number of carbonyl (C=O) groups excluding carboxylic acids is 3. The van der Waals surface area contributed by atoms with Gasteiger partial charge in [-0.2, -0.15) is 0 Å². The summed E-state index contributed by atoms with van der Waals surface area (Å²) in [5.74, 6) is -2.97. The topological polar surface area (TPSA) is 186 Å². The summed E-state index contributed by atoms with van der Waals surface area (Å²) in [4.78, 5) is 44.2. The Labute approximate surface area is 292 Å². The molecule has 5 rings (SSSR count). The SMILES string of the molecule is CO[C@H]1CC2C=C[C@]3(C)[C@H]4[C@H](O)[C@@H](C)[C@@H](OC(=O)c5ccc[nH]5)[C@@H]3O[C@@]24/C(C)=C/[C@@H](C)[C@@H]([C@@H](C)OC(=O)OCCN(CCO)CCO)OC1=O. The molecule has 14 nitrogen and oxygen atoms in total. The minimum Gasteiger partial charge on any atom is -0.456 e. The molecule has 2 aliphatic carbocycles. The van der Waals surface area contributed by atoms with Crippen LogP contribution in [0.15, 0.2) is 42.1 Å². The van der Waals surface area contributed by atoms with Gasteiger partial charge in [-0.15, -0.1) is 0 Å². The van der Waals surface area contributed by atoms with Gasteiger partial charge >= 0.3 is 18.1 Å². The number of aromatic amines is 1. The maximum absolute atomic E-state index is 13.7. The van der Waals surface area contributed by atoms with Gasteiger partial charge in [0.2, 0.25) is 0 Å². The number of carbonyl (C=O) groups is 3. The number of nitrogens with one attached hydrogen (secondary N) is 1. The quantitative estimate of drug-likeness (QED) is 0.141. The summed E-state index contributed by atoms with van der Waals surface area (Å²) in [6.45, 7) is 9.95. The number of aliphatic hydroxyl groups is 3. The van der Waals surface area contributed by atoms with Crippen LogP contribution in [0.25, 0.3) is 0 Å². The molecule has 1 aromatic heterocycles. The van der Waals surface area contributed by atoms with Crippen molar-refractivity contribution in [2.45, 2.75) is 83.3 Å². The number of H-pyrrole nitrogens is 1. The van der Waals surface area contributed by atoms with Crippen LogP contribution in [0.5, 0.6) is 0 Å². The van der Waals surface area contributed by atoms with E-state index in [0.717, 1.165) is 5.57 Å². The molecule has 1 unspecified atom stereocenters. The highest BCUT2D eigenvalue weighted by Gasteiger charge is 2.73. The maximum atomic E-state index is 13.7. The molecule has 278 valence electrons. The Kier molecular flexibility index (Phi) is 11.8. The summed E-state index contributed by atoms with van der Waals surface area (Å²) in [5, 5.41) is 30.5. The van der Waals surface area contributed by atoms with Gasteiger partial charge in [0.25, 0.3) is 0 Å². The second kappa shape index (κ2) is 15.5. The number of hydrogen-bond donors (Lipinski definition) is 4. The van der Waals surface area contributed by atoms with Gasteiger partial charge in [0.15, 0.2) is 6.10 Å². The summed E-state index contributed by atoms with van der Waals surface area (Å²) in [6.07, 6.45) is 1.71. The van der Waals surface area contributed by atoms with E-state index in [-0.39, 0.29) is 32.8 Å². The van der Waals surface area contributed by atoms with E-state index < -0.39 is 89.4 Å². The van der Waals surface area contributed by atoms with Crippen LogP contribution in [0.4, 0.5) is 4.79 Å². The van der Waals surface area contributed by atoms with Crippen LogP contribution in [-0.4, -0.2) is 132 Å². The van der Waals surface area contributed by atoms with Crippen molar-refractivity contribution in [3.05, 3.63) is 47.8 Å². The Morgan fingerprint density at radius 1 is 1.18 bits per heavy atom. The van der Waals surface area contributed by atoms with Crippen molar-refractivity contribution in [3.8, 4) is 0 Å². The summed E-state index contributed by atoms with van der Waals surface area (Å²) < 4.78 is 35.7. The van der Waals surface area contributed by atoms with Crippen LogP contribution < -0.4 is 0 Å². The fourth-order valence-electron chi connectivity index (χ4n) is 8.65. The van der Waals surface area contributed by atoms with Crippen LogP contribution >= 0.6 is 0 Å². The highest BCUT2D eigenvalue weighted by molar-refractivity contribution is 5.87. The van der Waals surface area contributed by atoms with E-state index in [1.807, 2.05) is 45.9 Å². The van der Waals surface area contributed by atoms with Gasteiger partial charge < -0.3 is 48.7 Å². The number of cyclic esters (lactones) is 1. The highest BCUT2D eigenvalue weighted by atomic mass is 16.7. The van der Waals surface area contributed by atoms with Crippen LogP contribution in [0.1, 0.15) is 51.5 Å². The number of nitrogens with zero attached hydrogens (tertiary/aromatic N) is 1. The van der Waals surface area contributed by atoms with Gasteiger partial charge in [-0.1, -0.05) is 39.0 Å². The molecule has 2 aliphatic heterocycles. The zero-order valence-electron chi connectivity index (χ0n) is 29.7. The molecule has 1 spiro atoms. The lowest BCUT2D eigenvalue weighted by Crippen LogP contribution is -2.61. The Balaban J connectivity index is 1.42. The molecular weight excluding hydrogens is 652 g/mol. The molecule has 0 radical (unpaired) electrons. The van der Waals surface area contributed by atoms with E-state index in [1.54, 1.807) is 30.2 Å². The van der Waals surface area contributed by atoms with Crippen molar-refractivity contribution in [2.24, 2.45) is 29.1 Å². The molecule has 50 heavy (non-hydrogen) atoms. The molecule has 12 atom stereocenters. The van der Waals surface area contributed by atoms with Crippen LogP contribution in [-0.2, 0) is 33.2 Å². The first-order chi connectivity index (χ1) is 23.8. The normalized spacial score (nSPS) is 38.0. The average molecular weight is 705 g/mol. The van der Waals surface area contributed by atoms with Gasteiger partial charge in [-0.3, -0.25) is 4.90 Å². The molecule has 1 saturated heterocycles. The molecule has 3 heterocycles. The fraction of sp³-hybridized carbons (Fsp3) is 0.694. The zero-order chi connectivity index (χ0) is 36.4. The summed E-state index contributed by atoms with van der Waals surface area (Å²) in [6, 6.07) is 3.34. The first kappa shape index (κ1) is 38.0.